The minimum absolute atomic E-state index is 0.290. The first kappa shape index (κ1) is 8.06. The zero-order valence-electron chi connectivity index (χ0n) is 7.78. The summed E-state index contributed by atoms with van der Waals surface area (Å²) < 4.78 is 0. The molecule has 0 radical (unpaired) electrons. The Bertz CT molecular complexity index is 130. The summed E-state index contributed by atoms with van der Waals surface area (Å²) >= 11 is 0. The van der Waals surface area contributed by atoms with Crippen LogP contribution in [0.15, 0.2) is 0 Å². The summed E-state index contributed by atoms with van der Waals surface area (Å²) in [6.45, 7) is 11.3. The number of hydrogen-bond donors (Lipinski definition) is 1. The molecule has 60 valence electrons. The van der Waals surface area contributed by atoms with Gasteiger partial charge in [-0.1, -0.05) is 13.8 Å². The SMILES string of the molecule is CC(C)(C)NC1CC1(C)C. The van der Waals surface area contributed by atoms with Gasteiger partial charge in [-0.05, 0) is 32.6 Å². The lowest BCUT2D eigenvalue weighted by molar-refractivity contribution is 0.390. The van der Waals surface area contributed by atoms with Crippen LogP contribution in [0.3, 0.4) is 0 Å². The van der Waals surface area contributed by atoms with Crippen LogP contribution >= 0.6 is 0 Å². The second kappa shape index (κ2) is 1.97. The molecule has 0 aromatic heterocycles. The molecule has 1 unspecified atom stereocenters. The van der Waals surface area contributed by atoms with Gasteiger partial charge in [0.15, 0.2) is 0 Å². The fourth-order valence-electron chi connectivity index (χ4n) is 1.24. The lowest BCUT2D eigenvalue weighted by atomic mass is 10.1. The molecule has 1 saturated carbocycles. The molecule has 0 saturated heterocycles. The number of hydrogen-bond acceptors (Lipinski definition) is 1. The normalized spacial score (nSPS) is 30.3. The molecule has 0 aromatic rings. The van der Waals surface area contributed by atoms with Crippen LogP contribution in [-0.2, 0) is 0 Å². The summed E-state index contributed by atoms with van der Waals surface area (Å²) in [5, 5.41) is 3.58. The lowest BCUT2D eigenvalue weighted by Crippen LogP contribution is -2.39. The minimum Gasteiger partial charge on any atom is -0.309 e. The van der Waals surface area contributed by atoms with E-state index >= 15 is 0 Å². The molecule has 1 N–H and O–H groups in total. The lowest BCUT2D eigenvalue weighted by Gasteiger charge is -2.21. The van der Waals surface area contributed by atoms with Crippen molar-refractivity contribution in [3.63, 3.8) is 0 Å². The average Bonchev–Trinajstić information content (AvgIpc) is 2.05. The van der Waals surface area contributed by atoms with Gasteiger partial charge in [0.1, 0.15) is 0 Å². The van der Waals surface area contributed by atoms with Crippen LogP contribution in [0, 0.1) is 5.41 Å². The molecule has 0 amide bonds. The van der Waals surface area contributed by atoms with E-state index in [1.807, 2.05) is 0 Å². The van der Waals surface area contributed by atoms with Crippen molar-refractivity contribution in [1.29, 1.82) is 0 Å². The van der Waals surface area contributed by atoms with E-state index in [2.05, 4.69) is 39.9 Å². The van der Waals surface area contributed by atoms with Crippen molar-refractivity contribution in [3.05, 3.63) is 0 Å². The second-order valence-electron chi connectivity index (χ2n) is 5.14. The molecule has 1 aliphatic carbocycles. The largest absolute Gasteiger partial charge is 0.309 e. The Morgan fingerprint density at radius 1 is 1.30 bits per heavy atom. The standard InChI is InChI=1S/C9H19N/c1-8(2,3)10-7-6-9(7,4)5/h7,10H,6H2,1-5H3. The third kappa shape index (κ3) is 1.98. The average molecular weight is 141 g/mol. The Morgan fingerprint density at radius 3 is 1.80 bits per heavy atom. The van der Waals surface area contributed by atoms with Crippen LogP contribution < -0.4 is 5.32 Å². The Morgan fingerprint density at radius 2 is 1.70 bits per heavy atom. The minimum atomic E-state index is 0.290. The summed E-state index contributed by atoms with van der Waals surface area (Å²) in [5.41, 5.74) is 0.853. The highest BCUT2D eigenvalue weighted by Crippen LogP contribution is 2.45. The van der Waals surface area contributed by atoms with E-state index in [4.69, 9.17) is 0 Å². The van der Waals surface area contributed by atoms with Crippen LogP contribution in [0.25, 0.3) is 0 Å². The van der Waals surface area contributed by atoms with Crippen LogP contribution in [0.2, 0.25) is 0 Å². The molecule has 1 rings (SSSR count). The van der Waals surface area contributed by atoms with Gasteiger partial charge in [-0.15, -0.1) is 0 Å². The first-order valence-corrected chi connectivity index (χ1v) is 4.09. The molecule has 10 heavy (non-hydrogen) atoms. The van der Waals surface area contributed by atoms with Gasteiger partial charge in [0.2, 0.25) is 0 Å². The van der Waals surface area contributed by atoms with Crippen molar-refractivity contribution in [1.82, 2.24) is 5.32 Å². The zero-order chi connectivity index (χ0) is 7.99. The highest BCUT2D eigenvalue weighted by atomic mass is 15.0. The quantitative estimate of drug-likeness (QED) is 0.590. The highest BCUT2D eigenvalue weighted by Gasteiger charge is 2.46. The zero-order valence-corrected chi connectivity index (χ0v) is 7.78. The van der Waals surface area contributed by atoms with Crippen molar-refractivity contribution in [2.24, 2.45) is 5.41 Å². The molecule has 0 aliphatic heterocycles. The van der Waals surface area contributed by atoms with Gasteiger partial charge in [0, 0.05) is 11.6 Å². The predicted molar refractivity (Wildman–Crippen MR) is 45.1 cm³/mol. The smallest absolute Gasteiger partial charge is 0.0129 e. The van der Waals surface area contributed by atoms with Crippen molar-refractivity contribution in [3.8, 4) is 0 Å². The van der Waals surface area contributed by atoms with Gasteiger partial charge in [-0.2, -0.15) is 0 Å². The first-order chi connectivity index (χ1) is 4.31. The van der Waals surface area contributed by atoms with E-state index < -0.39 is 0 Å². The van der Waals surface area contributed by atoms with Crippen LogP contribution in [-0.4, -0.2) is 11.6 Å². The topological polar surface area (TPSA) is 12.0 Å². The molecule has 1 heteroatoms. The maximum Gasteiger partial charge on any atom is 0.0129 e. The van der Waals surface area contributed by atoms with Gasteiger partial charge < -0.3 is 5.32 Å². The Labute approximate surface area is 64.2 Å². The summed E-state index contributed by atoms with van der Waals surface area (Å²) in [5.74, 6) is 0. The third-order valence-electron chi connectivity index (χ3n) is 2.12. The fourth-order valence-corrected chi connectivity index (χ4v) is 1.24. The number of nitrogens with one attached hydrogen (secondary N) is 1. The van der Waals surface area contributed by atoms with Gasteiger partial charge in [-0.25, -0.2) is 0 Å². The summed E-state index contributed by atoms with van der Waals surface area (Å²) in [6, 6.07) is 0.757. The molecular formula is C9H19N. The Kier molecular flexibility index (Phi) is 1.59. The van der Waals surface area contributed by atoms with Gasteiger partial charge in [0.25, 0.3) is 0 Å². The van der Waals surface area contributed by atoms with Crippen molar-refractivity contribution < 1.29 is 0 Å². The first-order valence-electron chi connectivity index (χ1n) is 4.09. The van der Waals surface area contributed by atoms with E-state index in [1.165, 1.54) is 6.42 Å². The molecule has 0 aromatic carbocycles. The monoisotopic (exact) mass is 141 g/mol. The van der Waals surface area contributed by atoms with Crippen LogP contribution in [0.5, 0.6) is 0 Å². The second-order valence-corrected chi connectivity index (χ2v) is 5.14. The van der Waals surface area contributed by atoms with Crippen molar-refractivity contribution in [2.45, 2.75) is 52.6 Å². The third-order valence-corrected chi connectivity index (χ3v) is 2.12. The van der Waals surface area contributed by atoms with Gasteiger partial charge in [0.05, 0.1) is 0 Å². The van der Waals surface area contributed by atoms with Gasteiger partial charge in [-0.3, -0.25) is 0 Å². The number of rotatable bonds is 1. The predicted octanol–water partition coefficient (Wildman–Crippen LogP) is 2.17. The van der Waals surface area contributed by atoms with Crippen molar-refractivity contribution >= 4 is 0 Å². The Hall–Kier alpha value is -0.0400. The van der Waals surface area contributed by atoms with E-state index in [1.54, 1.807) is 0 Å². The molecule has 0 spiro atoms. The van der Waals surface area contributed by atoms with Crippen LogP contribution in [0.4, 0.5) is 0 Å². The molecular weight excluding hydrogens is 122 g/mol. The Balaban J connectivity index is 2.31. The molecule has 0 heterocycles. The fraction of sp³-hybridized carbons (Fsp3) is 1.00. The highest BCUT2D eigenvalue weighted by molar-refractivity contribution is 5.03. The molecule has 1 fully saturated rings. The summed E-state index contributed by atoms with van der Waals surface area (Å²) in [4.78, 5) is 0. The molecule has 1 atom stereocenters. The summed E-state index contributed by atoms with van der Waals surface area (Å²) in [7, 11) is 0. The van der Waals surface area contributed by atoms with Gasteiger partial charge >= 0.3 is 0 Å². The molecule has 0 bridgehead atoms. The van der Waals surface area contributed by atoms with Crippen LogP contribution in [0.1, 0.15) is 41.0 Å². The van der Waals surface area contributed by atoms with E-state index in [0.29, 0.717) is 11.0 Å². The maximum absolute atomic E-state index is 3.58. The van der Waals surface area contributed by atoms with E-state index in [-0.39, 0.29) is 0 Å². The van der Waals surface area contributed by atoms with E-state index in [0.717, 1.165) is 6.04 Å². The van der Waals surface area contributed by atoms with Crippen molar-refractivity contribution in [2.75, 3.05) is 0 Å². The maximum atomic E-state index is 3.58. The molecule has 1 aliphatic rings. The molecule has 1 nitrogen and oxygen atoms in total. The summed E-state index contributed by atoms with van der Waals surface area (Å²) in [6.07, 6.45) is 1.34. The van der Waals surface area contributed by atoms with E-state index in [9.17, 15) is 0 Å².